The van der Waals surface area contributed by atoms with Crippen LogP contribution in [0.1, 0.15) is 156 Å². The number of aromatic hydroxyl groups is 1. The van der Waals surface area contributed by atoms with Crippen molar-refractivity contribution in [3.8, 4) is 11.5 Å². The van der Waals surface area contributed by atoms with Gasteiger partial charge in [-0.1, -0.05) is 52.0 Å². The van der Waals surface area contributed by atoms with Crippen molar-refractivity contribution in [1.82, 2.24) is 10.3 Å². The number of hydrogen-bond donors (Lipinski definition) is 8. The summed E-state index contributed by atoms with van der Waals surface area (Å²) in [5.74, 6) is 4.33. The summed E-state index contributed by atoms with van der Waals surface area (Å²) in [6.07, 6.45) is 15.3. The first-order valence-electron chi connectivity index (χ1n) is 21.9. The van der Waals surface area contributed by atoms with Crippen LogP contribution in [0, 0.1) is 17.8 Å². The fourth-order valence-electron chi connectivity index (χ4n) is 9.10. The third-order valence-corrected chi connectivity index (χ3v) is 12.4. The van der Waals surface area contributed by atoms with Gasteiger partial charge >= 0.3 is 0 Å². The maximum Gasteiger partial charge on any atom is 0.161 e. The van der Waals surface area contributed by atoms with Crippen LogP contribution in [-0.2, 0) is 32.3 Å². The van der Waals surface area contributed by atoms with Crippen molar-refractivity contribution in [2.24, 2.45) is 23.5 Å². The molecular formula is C46H73N3O7. The summed E-state index contributed by atoms with van der Waals surface area (Å²) in [6.45, 7) is 7.50. The summed E-state index contributed by atoms with van der Waals surface area (Å²) in [7, 11) is 0. The predicted octanol–water partition coefficient (Wildman–Crippen LogP) is 7.52. The molecule has 0 radical (unpaired) electrons. The maximum atomic E-state index is 11.2. The minimum atomic E-state index is -0.879. The highest BCUT2D eigenvalue weighted by Gasteiger charge is 2.38. The average Bonchev–Trinajstić information content (AvgIpc) is 3.91. The number of hydrogen-bond acceptors (Lipinski definition) is 9. The van der Waals surface area contributed by atoms with Crippen molar-refractivity contribution in [2.45, 2.75) is 167 Å². The quantitative estimate of drug-likeness (QED) is 0.0404. The summed E-state index contributed by atoms with van der Waals surface area (Å²) in [5.41, 5.74) is 11.3. The van der Waals surface area contributed by atoms with E-state index in [2.05, 4.69) is 30.2 Å². The van der Waals surface area contributed by atoms with Gasteiger partial charge in [0.2, 0.25) is 0 Å². The highest BCUT2D eigenvalue weighted by atomic mass is 16.5. The second-order valence-electron chi connectivity index (χ2n) is 17.5. The molecule has 0 amide bonds. The number of fused-ring (bicyclic) bond motifs is 2. The Morgan fingerprint density at radius 2 is 1.71 bits per heavy atom. The number of aromatic nitrogens is 1. The number of aliphatic hydroxyl groups is 4. The Morgan fingerprint density at radius 1 is 0.911 bits per heavy atom. The molecule has 7 unspecified atom stereocenters. The van der Waals surface area contributed by atoms with Gasteiger partial charge in [0.25, 0.3) is 0 Å². The Bertz CT molecular complexity index is 1580. The lowest BCUT2D eigenvalue weighted by Crippen LogP contribution is -2.32. The number of rotatable bonds is 25. The number of phenolic OH excluding ortho intramolecular Hbond substituents is 1. The van der Waals surface area contributed by atoms with Crippen LogP contribution in [-0.4, -0.2) is 68.5 Å². The molecule has 0 saturated heterocycles. The van der Waals surface area contributed by atoms with Crippen LogP contribution in [0.5, 0.6) is 11.5 Å². The number of furan rings is 1. The summed E-state index contributed by atoms with van der Waals surface area (Å²) < 4.78 is 12.2. The number of nitrogens with two attached hydrogens (primary N) is 1. The predicted molar refractivity (Wildman–Crippen MR) is 222 cm³/mol. The summed E-state index contributed by atoms with van der Waals surface area (Å²) in [5, 5.41) is 55.4. The maximum absolute atomic E-state index is 11.2. The lowest BCUT2D eigenvalue weighted by atomic mass is 9.80. The van der Waals surface area contributed by atoms with Crippen LogP contribution in [0.25, 0.3) is 0 Å². The Morgan fingerprint density at radius 3 is 2.50 bits per heavy atom. The van der Waals surface area contributed by atoms with Gasteiger partial charge in [0.1, 0.15) is 24.2 Å². The molecule has 2 aliphatic rings. The second kappa shape index (κ2) is 22.3. The Kier molecular flexibility index (Phi) is 17.6. The topological polar surface area (TPSA) is 177 Å². The van der Waals surface area contributed by atoms with Crippen molar-refractivity contribution in [3.05, 3.63) is 69.9 Å². The summed E-state index contributed by atoms with van der Waals surface area (Å²) in [4.78, 5) is 3.53. The number of aliphatic hydroxyl groups excluding tert-OH is 4. The Balaban J connectivity index is 1.06. The highest BCUT2D eigenvalue weighted by molar-refractivity contribution is 5.42. The van der Waals surface area contributed by atoms with Gasteiger partial charge in [0.05, 0.1) is 18.8 Å². The standard InChI is InChI=1S/C46H73N3O7/c1-30(2)13-18-36(52)19-17-35(47)10-6-4-5-7-12-45-34(28-50)24-37(56-45)20-14-32-15-22-43(53)46(23-32)55-29-44(54)42-25-39-40(27-48-26-31(3)51)38-11-8-9-33(38)16-21-41(39)49-42/h15,22-25,30-31,33,35-36,38,40,44,48-54H,4-14,16-21,26-29,47H2,1-3H3. The van der Waals surface area contributed by atoms with E-state index in [1.807, 2.05) is 18.2 Å². The molecule has 1 aromatic carbocycles. The zero-order valence-electron chi connectivity index (χ0n) is 34.5. The first kappa shape index (κ1) is 44.2. The van der Waals surface area contributed by atoms with Gasteiger partial charge in [-0.05, 0) is 124 Å². The van der Waals surface area contributed by atoms with Gasteiger partial charge in [-0.15, -0.1) is 0 Å². The zero-order valence-corrected chi connectivity index (χ0v) is 34.5. The van der Waals surface area contributed by atoms with Gasteiger partial charge in [0.15, 0.2) is 11.5 Å². The first-order chi connectivity index (χ1) is 27.0. The number of benzene rings is 1. The van der Waals surface area contributed by atoms with E-state index in [0.29, 0.717) is 42.9 Å². The number of nitrogens with one attached hydrogen (secondary N) is 2. The molecule has 9 N–H and O–H groups in total. The van der Waals surface area contributed by atoms with Gasteiger partial charge in [0, 0.05) is 54.8 Å². The van der Waals surface area contributed by atoms with E-state index in [-0.39, 0.29) is 31.1 Å². The van der Waals surface area contributed by atoms with E-state index in [4.69, 9.17) is 14.9 Å². The fraction of sp³-hybridized carbons (Fsp3) is 0.696. The molecular weight excluding hydrogens is 707 g/mol. The minimum absolute atomic E-state index is 0.00428. The molecule has 56 heavy (non-hydrogen) atoms. The second-order valence-corrected chi connectivity index (χ2v) is 17.5. The fourth-order valence-corrected chi connectivity index (χ4v) is 9.10. The minimum Gasteiger partial charge on any atom is -0.504 e. The van der Waals surface area contributed by atoms with Gasteiger partial charge in [-0.2, -0.15) is 0 Å². The van der Waals surface area contributed by atoms with Gasteiger partial charge < -0.3 is 50.7 Å². The molecule has 314 valence electrons. The van der Waals surface area contributed by atoms with Crippen LogP contribution < -0.4 is 15.8 Å². The van der Waals surface area contributed by atoms with Crippen LogP contribution in [0.4, 0.5) is 0 Å². The monoisotopic (exact) mass is 780 g/mol. The number of aromatic amines is 1. The van der Waals surface area contributed by atoms with Crippen LogP contribution in [0.15, 0.2) is 34.7 Å². The first-order valence-corrected chi connectivity index (χ1v) is 21.9. The third-order valence-electron chi connectivity index (χ3n) is 12.4. The molecule has 0 spiro atoms. The number of phenols is 1. The SMILES string of the molecule is CC(C)CCC(O)CCC(N)CCCCCCc1oc(CCc2ccc(O)c(OCC(O)c3cc4c([nH]3)CCC3CCCC3C4CNCC(C)O)c2)cc1CO. The molecule has 10 nitrogen and oxygen atoms in total. The number of H-pyrrole nitrogens is 1. The summed E-state index contributed by atoms with van der Waals surface area (Å²) >= 11 is 0. The molecule has 2 aromatic heterocycles. The molecule has 10 heteroatoms. The summed E-state index contributed by atoms with van der Waals surface area (Å²) in [6, 6.07) is 9.55. The Labute approximate surface area is 335 Å². The van der Waals surface area contributed by atoms with E-state index in [0.717, 1.165) is 118 Å². The van der Waals surface area contributed by atoms with Crippen molar-refractivity contribution in [1.29, 1.82) is 0 Å². The number of unbranched alkanes of at least 4 members (excludes halogenated alkanes) is 3. The molecule has 1 fully saturated rings. The van der Waals surface area contributed by atoms with E-state index >= 15 is 0 Å². The van der Waals surface area contributed by atoms with E-state index < -0.39 is 12.2 Å². The van der Waals surface area contributed by atoms with Gasteiger partial charge in [-0.25, -0.2) is 0 Å². The zero-order chi connectivity index (χ0) is 40.0. The normalized spacial score (nSPS) is 20.4. The Hall–Kier alpha value is -2.86. The van der Waals surface area contributed by atoms with Crippen LogP contribution in [0.2, 0.25) is 0 Å². The van der Waals surface area contributed by atoms with Gasteiger partial charge in [-0.3, -0.25) is 0 Å². The number of ether oxygens (including phenoxy) is 1. The smallest absolute Gasteiger partial charge is 0.161 e. The molecule has 2 aliphatic carbocycles. The third kappa shape index (κ3) is 13.3. The molecule has 0 bridgehead atoms. The van der Waals surface area contributed by atoms with Crippen molar-refractivity contribution in [3.63, 3.8) is 0 Å². The molecule has 0 aliphatic heterocycles. The average molecular weight is 780 g/mol. The van der Waals surface area contributed by atoms with Crippen molar-refractivity contribution >= 4 is 0 Å². The van der Waals surface area contributed by atoms with Crippen LogP contribution in [0.3, 0.4) is 0 Å². The van der Waals surface area contributed by atoms with Crippen molar-refractivity contribution in [2.75, 3.05) is 19.7 Å². The number of aryl methyl sites for hydroxylation is 4. The highest BCUT2D eigenvalue weighted by Crippen LogP contribution is 2.47. The molecule has 2 heterocycles. The largest absolute Gasteiger partial charge is 0.504 e. The lowest BCUT2D eigenvalue weighted by molar-refractivity contribution is 0.103. The lowest BCUT2D eigenvalue weighted by Gasteiger charge is -2.27. The van der Waals surface area contributed by atoms with E-state index in [1.54, 1.807) is 13.0 Å². The van der Waals surface area contributed by atoms with Crippen molar-refractivity contribution < 1.29 is 34.7 Å². The van der Waals surface area contributed by atoms with Crippen LogP contribution >= 0.6 is 0 Å². The van der Waals surface area contributed by atoms with E-state index in [9.17, 15) is 25.5 Å². The van der Waals surface area contributed by atoms with E-state index in [1.165, 1.54) is 30.5 Å². The molecule has 1 saturated carbocycles. The molecule has 5 rings (SSSR count). The molecule has 3 aromatic rings. The molecule has 7 atom stereocenters.